The first-order chi connectivity index (χ1) is 10.8. The third-order valence-corrected chi connectivity index (χ3v) is 2.41. The van der Waals surface area contributed by atoms with Crippen molar-refractivity contribution in [1.82, 2.24) is 0 Å². The standard InChI is InChI=1S/2C7H16.2H3O3PS/c2*1-3-5-7-6-4-2;2*1-4(2,3)5/h2*3-7H2,1-2H3;2*(H3,1,2,3,5). The Morgan fingerprint density at radius 1 is 0.458 bits per heavy atom. The van der Waals surface area contributed by atoms with E-state index in [0.29, 0.717) is 0 Å². The zero-order valence-corrected chi connectivity index (χ0v) is 18.9. The molecule has 0 aliphatic rings. The highest BCUT2D eigenvalue weighted by atomic mass is 32.5. The van der Waals surface area contributed by atoms with E-state index in [1.165, 1.54) is 64.2 Å². The maximum absolute atomic E-state index is 7.56. The molecule has 10 heteroatoms. The zero-order chi connectivity index (χ0) is 20.1. The molecule has 0 rings (SSSR count). The van der Waals surface area contributed by atoms with E-state index in [-0.39, 0.29) is 0 Å². The molecule has 0 saturated heterocycles. The van der Waals surface area contributed by atoms with Crippen LogP contribution in [0.5, 0.6) is 0 Å². The lowest BCUT2D eigenvalue weighted by Crippen LogP contribution is -1.70. The molecular formula is C14H38O6P2S2. The molecular weight excluding hydrogens is 390 g/mol. The second kappa shape index (κ2) is 24.1. The van der Waals surface area contributed by atoms with Crippen LogP contribution in [0.1, 0.15) is 91.9 Å². The number of unbranched alkanes of at least 4 members (excludes halogenated alkanes) is 8. The number of rotatable bonds is 8. The molecule has 0 aromatic heterocycles. The first-order valence-corrected chi connectivity index (χ1v) is 13.7. The van der Waals surface area contributed by atoms with Gasteiger partial charge in [0.25, 0.3) is 0 Å². The van der Waals surface area contributed by atoms with Crippen LogP contribution in [0.2, 0.25) is 0 Å². The van der Waals surface area contributed by atoms with Crippen molar-refractivity contribution in [2.75, 3.05) is 0 Å². The molecule has 0 atom stereocenters. The van der Waals surface area contributed by atoms with E-state index in [0.717, 1.165) is 0 Å². The summed E-state index contributed by atoms with van der Waals surface area (Å²) in [6.45, 7) is 1.37. The van der Waals surface area contributed by atoms with Crippen LogP contribution in [0, 0.1) is 0 Å². The summed E-state index contributed by atoms with van der Waals surface area (Å²) in [7, 11) is 0. The van der Waals surface area contributed by atoms with Gasteiger partial charge in [0.15, 0.2) is 0 Å². The first-order valence-electron chi connectivity index (χ1n) is 8.39. The molecule has 0 heterocycles. The molecule has 0 aliphatic carbocycles. The molecule has 0 aromatic carbocycles. The summed E-state index contributed by atoms with van der Waals surface area (Å²) < 4.78 is 0. The van der Waals surface area contributed by atoms with Crippen LogP contribution in [0.4, 0.5) is 0 Å². The number of hydrogen-bond donors (Lipinski definition) is 6. The third-order valence-electron chi connectivity index (χ3n) is 2.41. The van der Waals surface area contributed by atoms with Crippen molar-refractivity contribution in [1.29, 1.82) is 0 Å². The molecule has 0 radical (unpaired) electrons. The fourth-order valence-electron chi connectivity index (χ4n) is 1.35. The van der Waals surface area contributed by atoms with E-state index in [4.69, 9.17) is 29.4 Å². The van der Waals surface area contributed by atoms with Crippen molar-refractivity contribution in [2.45, 2.75) is 91.9 Å². The Kier molecular flexibility index (Phi) is 32.8. The fourth-order valence-corrected chi connectivity index (χ4v) is 1.35. The van der Waals surface area contributed by atoms with Crippen LogP contribution < -0.4 is 0 Å². The quantitative estimate of drug-likeness (QED) is 0.250. The molecule has 0 amide bonds. The molecule has 24 heavy (non-hydrogen) atoms. The summed E-state index contributed by atoms with van der Waals surface area (Å²) in [6.07, 6.45) is 14.0. The van der Waals surface area contributed by atoms with Gasteiger partial charge in [0, 0.05) is 0 Å². The van der Waals surface area contributed by atoms with Crippen LogP contribution in [0.15, 0.2) is 0 Å². The van der Waals surface area contributed by atoms with Gasteiger partial charge in [0.2, 0.25) is 0 Å². The molecule has 0 aromatic rings. The molecule has 0 bridgehead atoms. The van der Waals surface area contributed by atoms with Crippen molar-refractivity contribution >= 4 is 37.1 Å². The molecule has 6 N–H and O–H groups in total. The summed E-state index contributed by atoms with van der Waals surface area (Å²) in [5, 5.41) is 0. The molecule has 0 spiro atoms. The van der Waals surface area contributed by atoms with E-state index in [2.05, 4.69) is 51.3 Å². The van der Waals surface area contributed by atoms with Crippen LogP contribution in [-0.4, -0.2) is 29.4 Å². The van der Waals surface area contributed by atoms with Crippen LogP contribution in [0.3, 0.4) is 0 Å². The van der Waals surface area contributed by atoms with Crippen molar-refractivity contribution in [3.63, 3.8) is 0 Å². The number of hydrogen-bond acceptors (Lipinski definition) is 2. The second-order valence-corrected chi connectivity index (χ2v) is 10.1. The normalized spacial score (nSPS) is 10.4. The SMILES string of the molecule is CCCCCCC.CCCCCCC.OP(O)(O)=S.OP(O)(O)=S. The molecule has 152 valence electrons. The smallest absolute Gasteiger partial charge is 0.319 e. The largest absolute Gasteiger partial charge is 0.325 e. The summed E-state index contributed by atoms with van der Waals surface area (Å²) in [5.74, 6) is 0. The molecule has 0 fully saturated rings. The van der Waals surface area contributed by atoms with Crippen LogP contribution >= 0.6 is 13.4 Å². The van der Waals surface area contributed by atoms with E-state index in [9.17, 15) is 0 Å². The lowest BCUT2D eigenvalue weighted by Gasteiger charge is -1.90. The van der Waals surface area contributed by atoms with Gasteiger partial charge >= 0.3 is 13.4 Å². The van der Waals surface area contributed by atoms with Crippen molar-refractivity contribution < 1.29 is 29.4 Å². The lowest BCUT2D eigenvalue weighted by molar-refractivity contribution is 0.361. The Morgan fingerprint density at radius 2 is 0.583 bits per heavy atom. The summed E-state index contributed by atoms with van der Waals surface area (Å²) in [6, 6.07) is 0. The van der Waals surface area contributed by atoms with Gasteiger partial charge in [0.1, 0.15) is 0 Å². The first kappa shape index (κ1) is 32.7. The monoisotopic (exact) mass is 428 g/mol. The van der Waals surface area contributed by atoms with E-state index >= 15 is 0 Å². The van der Waals surface area contributed by atoms with Gasteiger partial charge in [0.05, 0.1) is 0 Å². The molecule has 0 unspecified atom stereocenters. The second-order valence-electron chi connectivity index (χ2n) is 5.15. The summed E-state index contributed by atoms with van der Waals surface area (Å²) >= 11 is 7.21. The molecule has 0 saturated carbocycles. The van der Waals surface area contributed by atoms with Crippen molar-refractivity contribution in [3.8, 4) is 0 Å². The van der Waals surface area contributed by atoms with E-state index in [1.807, 2.05) is 0 Å². The maximum Gasteiger partial charge on any atom is 0.319 e. The zero-order valence-electron chi connectivity index (χ0n) is 15.5. The molecule has 0 aliphatic heterocycles. The Morgan fingerprint density at radius 3 is 0.667 bits per heavy atom. The topological polar surface area (TPSA) is 121 Å². The van der Waals surface area contributed by atoms with Gasteiger partial charge < -0.3 is 29.4 Å². The minimum absolute atomic E-state index is 1.36. The van der Waals surface area contributed by atoms with E-state index < -0.39 is 13.4 Å². The highest BCUT2D eigenvalue weighted by Gasteiger charge is 1.92. The Labute approximate surface area is 158 Å². The van der Waals surface area contributed by atoms with Gasteiger partial charge in [-0.2, -0.15) is 0 Å². The Bertz CT molecular complexity index is 253. The predicted octanol–water partition coefficient (Wildman–Crippen LogP) is 4.33. The average Bonchev–Trinajstić information content (AvgIpc) is 2.37. The Hall–Kier alpha value is 1.06. The van der Waals surface area contributed by atoms with Gasteiger partial charge in [-0.25, -0.2) is 0 Å². The lowest BCUT2D eigenvalue weighted by atomic mass is 10.2. The van der Waals surface area contributed by atoms with Crippen LogP contribution in [0.25, 0.3) is 0 Å². The van der Waals surface area contributed by atoms with E-state index in [1.54, 1.807) is 0 Å². The van der Waals surface area contributed by atoms with Crippen molar-refractivity contribution in [2.24, 2.45) is 0 Å². The minimum Gasteiger partial charge on any atom is -0.325 e. The van der Waals surface area contributed by atoms with Gasteiger partial charge in [-0.1, -0.05) is 91.9 Å². The van der Waals surface area contributed by atoms with Gasteiger partial charge in [-0.15, -0.1) is 0 Å². The summed E-state index contributed by atoms with van der Waals surface area (Å²) in [5.41, 5.74) is 0. The molecule has 6 nitrogen and oxygen atoms in total. The van der Waals surface area contributed by atoms with Crippen molar-refractivity contribution in [3.05, 3.63) is 0 Å². The van der Waals surface area contributed by atoms with Gasteiger partial charge in [-0.05, 0) is 23.6 Å². The highest BCUT2D eigenvalue weighted by molar-refractivity contribution is 8.06. The minimum atomic E-state index is -3.81. The third kappa shape index (κ3) is 137. The highest BCUT2D eigenvalue weighted by Crippen LogP contribution is 2.26. The Balaban J connectivity index is -0.000000113. The predicted molar refractivity (Wildman–Crippen MR) is 111 cm³/mol. The average molecular weight is 429 g/mol. The maximum atomic E-state index is 7.56. The summed E-state index contributed by atoms with van der Waals surface area (Å²) in [4.78, 5) is 45.3. The van der Waals surface area contributed by atoms with Crippen LogP contribution in [-0.2, 0) is 23.6 Å². The fraction of sp³-hybridized carbons (Fsp3) is 1.00. The van der Waals surface area contributed by atoms with Gasteiger partial charge in [-0.3, -0.25) is 0 Å².